The average molecular weight is 476 g/mol. The lowest BCUT2D eigenvalue weighted by Crippen LogP contribution is -2.54. The van der Waals surface area contributed by atoms with Crippen molar-refractivity contribution in [2.75, 3.05) is 13.2 Å². The molecule has 10 heteroatoms. The number of benzene rings is 1. The van der Waals surface area contributed by atoms with Gasteiger partial charge in [0.15, 0.2) is 12.0 Å². The van der Waals surface area contributed by atoms with Crippen molar-refractivity contribution >= 4 is 17.0 Å². The molecule has 0 bridgehead atoms. The highest BCUT2D eigenvalue weighted by molar-refractivity contribution is 5.89. The fraction of sp³-hybridized carbons (Fsp3) is 0.625. The van der Waals surface area contributed by atoms with Gasteiger partial charge in [0, 0.05) is 18.9 Å². The van der Waals surface area contributed by atoms with Gasteiger partial charge < -0.3 is 34.9 Å². The van der Waals surface area contributed by atoms with E-state index in [0.717, 1.165) is 0 Å². The Bertz CT molecular complexity index is 952. The second kappa shape index (κ2) is 11.0. The first-order chi connectivity index (χ1) is 16.3. The highest BCUT2D eigenvalue weighted by atomic mass is 16.7. The van der Waals surface area contributed by atoms with Gasteiger partial charge in [0.2, 0.25) is 0 Å². The summed E-state index contributed by atoms with van der Waals surface area (Å²) < 4.78 is 22.9. The van der Waals surface area contributed by atoms with Crippen molar-refractivity contribution in [3.8, 4) is 0 Å². The SMILES string of the molecule is CC1C[C@H](OCCOC(=O)c2cnc3ccccc3n2)CC(O)C1O[C@H]1CC(N)C(O)C(C)O1. The second-order valence-electron chi connectivity index (χ2n) is 9.15. The Hall–Kier alpha value is -2.21. The van der Waals surface area contributed by atoms with Crippen molar-refractivity contribution in [2.45, 2.75) is 76.0 Å². The third kappa shape index (κ3) is 5.88. The summed E-state index contributed by atoms with van der Waals surface area (Å²) >= 11 is 0. The molecule has 1 saturated carbocycles. The summed E-state index contributed by atoms with van der Waals surface area (Å²) in [6.45, 7) is 4.02. The standard InChI is InChI=1S/C24H33N3O7/c1-13-9-15(10-20(28)23(13)34-21-11-16(25)22(29)14(2)33-21)31-7-8-32-24(30)19-12-26-17-5-3-4-6-18(17)27-19/h3-6,12-16,20-23,28-29H,7-11,25H2,1-2H3/t13?,14?,15-,16?,20?,21-,22?,23?/m0/s1. The highest BCUT2D eigenvalue weighted by Gasteiger charge is 2.40. The van der Waals surface area contributed by atoms with Crippen LogP contribution >= 0.6 is 0 Å². The van der Waals surface area contributed by atoms with Gasteiger partial charge in [0.05, 0.1) is 54.4 Å². The zero-order valence-corrected chi connectivity index (χ0v) is 19.4. The minimum atomic E-state index is -0.730. The first-order valence-corrected chi connectivity index (χ1v) is 11.7. The molecule has 4 N–H and O–H groups in total. The van der Waals surface area contributed by atoms with Gasteiger partial charge in [-0.2, -0.15) is 0 Å². The van der Waals surface area contributed by atoms with Gasteiger partial charge in [-0.25, -0.2) is 9.78 Å². The molecule has 2 heterocycles. The first-order valence-electron chi connectivity index (χ1n) is 11.7. The van der Waals surface area contributed by atoms with E-state index in [-0.39, 0.29) is 30.9 Å². The van der Waals surface area contributed by atoms with Crippen molar-refractivity contribution in [3.05, 3.63) is 36.2 Å². The Kier molecular flexibility index (Phi) is 8.07. The molecule has 2 fully saturated rings. The molecular formula is C24H33N3O7. The molecule has 0 radical (unpaired) electrons. The summed E-state index contributed by atoms with van der Waals surface area (Å²) in [5.41, 5.74) is 7.45. The molecule has 2 aromatic rings. The number of hydrogen-bond acceptors (Lipinski definition) is 10. The molecule has 34 heavy (non-hydrogen) atoms. The van der Waals surface area contributed by atoms with E-state index in [4.69, 9.17) is 24.7 Å². The van der Waals surface area contributed by atoms with Gasteiger partial charge in [-0.3, -0.25) is 4.98 Å². The van der Waals surface area contributed by atoms with Crippen LogP contribution in [0, 0.1) is 5.92 Å². The highest BCUT2D eigenvalue weighted by Crippen LogP contribution is 2.32. The molecule has 1 aliphatic carbocycles. The summed E-state index contributed by atoms with van der Waals surface area (Å²) in [5.74, 6) is -0.538. The van der Waals surface area contributed by atoms with Crippen molar-refractivity contribution < 1.29 is 34.0 Å². The van der Waals surface area contributed by atoms with E-state index in [1.807, 2.05) is 25.1 Å². The molecular weight excluding hydrogens is 442 g/mol. The second-order valence-corrected chi connectivity index (χ2v) is 9.15. The van der Waals surface area contributed by atoms with Gasteiger partial charge >= 0.3 is 5.97 Å². The lowest BCUT2D eigenvalue weighted by Gasteiger charge is -2.42. The normalized spacial score (nSPS) is 34.1. The van der Waals surface area contributed by atoms with Crippen LogP contribution in [-0.4, -0.2) is 82.2 Å². The fourth-order valence-electron chi connectivity index (χ4n) is 4.62. The Morgan fingerprint density at radius 2 is 1.91 bits per heavy atom. The van der Waals surface area contributed by atoms with E-state index >= 15 is 0 Å². The monoisotopic (exact) mass is 475 g/mol. The van der Waals surface area contributed by atoms with E-state index in [0.29, 0.717) is 30.3 Å². The van der Waals surface area contributed by atoms with Crippen molar-refractivity contribution in [3.63, 3.8) is 0 Å². The lowest BCUT2D eigenvalue weighted by atomic mass is 9.83. The number of rotatable bonds is 7. The number of aromatic nitrogens is 2. The third-order valence-electron chi connectivity index (χ3n) is 6.47. The van der Waals surface area contributed by atoms with Crippen LogP contribution in [-0.2, 0) is 18.9 Å². The molecule has 6 unspecified atom stereocenters. The van der Waals surface area contributed by atoms with Crippen molar-refractivity contribution in [1.82, 2.24) is 9.97 Å². The summed E-state index contributed by atoms with van der Waals surface area (Å²) in [6.07, 6.45) is -0.194. The molecule has 2 aliphatic rings. The number of nitrogens with two attached hydrogens (primary N) is 1. The van der Waals surface area contributed by atoms with Crippen LogP contribution in [0.4, 0.5) is 0 Å². The molecule has 186 valence electrons. The number of nitrogens with zero attached hydrogens (tertiary/aromatic N) is 2. The molecule has 1 aromatic carbocycles. The van der Waals surface area contributed by atoms with Crippen molar-refractivity contribution in [2.24, 2.45) is 11.7 Å². The smallest absolute Gasteiger partial charge is 0.358 e. The zero-order chi connectivity index (χ0) is 24.2. The minimum Gasteiger partial charge on any atom is -0.458 e. The molecule has 0 spiro atoms. The Morgan fingerprint density at radius 1 is 1.15 bits per heavy atom. The molecule has 10 nitrogen and oxygen atoms in total. The number of aliphatic hydroxyl groups excluding tert-OH is 2. The maximum Gasteiger partial charge on any atom is 0.358 e. The van der Waals surface area contributed by atoms with Crippen LogP contribution in [0.15, 0.2) is 30.5 Å². The number of para-hydroxylation sites is 2. The summed E-state index contributed by atoms with van der Waals surface area (Å²) in [6, 6.07) is 6.87. The van der Waals surface area contributed by atoms with E-state index in [1.165, 1.54) is 6.20 Å². The van der Waals surface area contributed by atoms with Gasteiger partial charge in [0.1, 0.15) is 6.61 Å². The quantitative estimate of drug-likeness (QED) is 0.394. The fourth-order valence-corrected chi connectivity index (χ4v) is 4.62. The van der Waals surface area contributed by atoms with E-state index < -0.39 is 42.7 Å². The number of carbonyl (C=O) groups excluding carboxylic acids is 1. The van der Waals surface area contributed by atoms with Crippen LogP contribution in [0.3, 0.4) is 0 Å². The number of esters is 1. The van der Waals surface area contributed by atoms with Crippen molar-refractivity contribution in [1.29, 1.82) is 0 Å². The van der Waals surface area contributed by atoms with Crippen LogP contribution < -0.4 is 5.73 Å². The Labute approximate surface area is 198 Å². The van der Waals surface area contributed by atoms with Crippen LogP contribution in [0.2, 0.25) is 0 Å². The summed E-state index contributed by atoms with van der Waals surface area (Å²) in [5, 5.41) is 20.6. The van der Waals surface area contributed by atoms with Crippen LogP contribution in [0.1, 0.15) is 43.6 Å². The largest absolute Gasteiger partial charge is 0.458 e. The number of hydrogen-bond donors (Lipinski definition) is 3. The Morgan fingerprint density at radius 3 is 2.65 bits per heavy atom. The van der Waals surface area contributed by atoms with Gasteiger partial charge in [-0.15, -0.1) is 0 Å². The molecule has 1 saturated heterocycles. The molecule has 4 rings (SSSR count). The predicted octanol–water partition coefficient (Wildman–Crippen LogP) is 1.17. The first kappa shape index (κ1) is 24.9. The lowest BCUT2D eigenvalue weighted by molar-refractivity contribution is -0.265. The Balaban J connectivity index is 1.20. The average Bonchev–Trinajstić information content (AvgIpc) is 2.82. The van der Waals surface area contributed by atoms with Crippen LogP contribution in [0.5, 0.6) is 0 Å². The van der Waals surface area contributed by atoms with E-state index in [1.54, 1.807) is 13.0 Å². The number of aliphatic hydroxyl groups is 2. The molecule has 1 aromatic heterocycles. The topological polar surface area (TPSA) is 146 Å². The van der Waals surface area contributed by atoms with Gasteiger partial charge in [0.25, 0.3) is 0 Å². The third-order valence-corrected chi connectivity index (χ3v) is 6.47. The summed E-state index contributed by atoms with van der Waals surface area (Å²) in [4.78, 5) is 20.8. The van der Waals surface area contributed by atoms with Gasteiger partial charge in [-0.05, 0) is 31.4 Å². The number of carbonyl (C=O) groups is 1. The maximum atomic E-state index is 12.3. The maximum absolute atomic E-state index is 12.3. The number of fused-ring (bicyclic) bond motifs is 1. The summed E-state index contributed by atoms with van der Waals surface area (Å²) in [7, 11) is 0. The number of ether oxygens (including phenoxy) is 4. The van der Waals surface area contributed by atoms with Gasteiger partial charge in [-0.1, -0.05) is 19.1 Å². The van der Waals surface area contributed by atoms with E-state index in [9.17, 15) is 15.0 Å². The molecule has 8 atom stereocenters. The van der Waals surface area contributed by atoms with E-state index in [2.05, 4.69) is 9.97 Å². The predicted molar refractivity (Wildman–Crippen MR) is 122 cm³/mol. The molecule has 0 amide bonds. The zero-order valence-electron chi connectivity index (χ0n) is 19.4. The molecule has 1 aliphatic heterocycles. The minimum absolute atomic E-state index is 0.0196. The van der Waals surface area contributed by atoms with Crippen LogP contribution in [0.25, 0.3) is 11.0 Å².